The van der Waals surface area contributed by atoms with Crippen molar-refractivity contribution in [3.05, 3.63) is 35.9 Å². The highest BCUT2D eigenvalue weighted by molar-refractivity contribution is 7.90. The average molecular weight is 295 g/mol. The van der Waals surface area contributed by atoms with E-state index in [0.29, 0.717) is 19.5 Å². The highest BCUT2D eigenvalue weighted by Gasteiger charge is 2.36. The van der Waals surface area contributed by atoms with Crippen LogP contribution in [0.3, 0.4) is 0 Å². The minimum absolute atomic E-state index is 0.0314. The molecular weight excluding hydrogens is 274 g/mol. The second-order valence-electron chi connectivity index (χ2n) is 5.87. The Morgan fingerprint density at radius 3 is 2.50 bits per heavy atom. The summed E-state index contributed by atoms with van der Waals surface area (Å²) in [7, 11) is -3.04. The molecule has 1 heterocycles. The number of rotatable bonds is 4. The quantitative estimate of drug-likeness (QED) is 0.848. The first-order valence-corrected chi connectivity index (χ1v) is 8.87. The van der Waals surface area contributed by atoms with Gasteiger partial charge in [-0.05, 0) is 12.0 Å². The summed E-state index contributed by atoms with van der Waals surface area (Å²) < 4.78 is 22.5. The summed E-state index contributed by atoms with van der Waals surface area (Å²) in [4.78, 5) is 13.7. The normalized spacial score (nSPS) is 23.9. The third-order valence-electron chi connectivity index (χ3n) is 3.99. The summed E-state index contributed by atoms with van der Waals surface area (Å²) in [5.41, 5.74) is 1.11. The number of benzene rings is 1. The Morgan fingerprint density at radius 2 is 1.90 bits per heavy atom. The molecule has 0 saturated carbocycles. The Morgan fingerprint density at radius 1 is 1.25 bits per heavy atom. The van der Waals surface area contributed by atoms with Crippen LogP contribution in [0.5, 0.6) is 0 Å². The summed E-state index contributed by atoms with van der Waals surface area (Å²) >= 11 is 0. The predicted octanol–water partition coefficient (Wildman–Crippen LogP) is 1.61. The molecule has 1 aromatic carbocycles. The molecule has 1 fully saturated rings. The van der Waals surface area contributed by atoms with Crippen molar-refractivity contribution in [2.24, 2.45) is 0 Å². The van der Waals surface area contributed by atoms with E-state index in [9.17, 15) is 13.2 Å². The van der Waals surface area contributed by atoms with Crippen LogP contribution in [-0.4, -0.2) is 44.3 Å². The maximum atomic E-state index is 12.0. The fourth-order valence-electron chi connectivity index (χ4n) is 2.69. The molecule has 110 valence electrons. The molecule has 1 saturated heterocycles. The Balaban J connectivity index is 2.13. The van der Waals surface area contributed by atoms with E-state index in [4.69, 9.17) is 0 Å². The maximum Gasteiger partial charge on any atom is 0.222 e. The number of carbonyl (C=O) groups excluding carboxylic acids is 1. The second kappa shape index (κ2) is 5.56. The van der Waals surface area contributed by atoms with Crippen molar-refractivity contribution >= 4 is 15.7 Å². The SMILES string of the molecule is C[C@@]1(c2ccccc2)CCC(=O)N(CCS(C)(=O)=O)C1. The average Bonchev–Trinajstić information content (AvgIpc) is 2.40. The van der Waals surface area contributed by atoms with Crippen molar-refractivity contribution in [2.75, 3.05) is 25.1 Å². The van der Waals surface area contributed by atoms with Crippen molar-refractivity contribution < 1.29 is 13.2 Å². The van der Waals surface area contributed by atoms with Crippen LogP contribution in [0.15, 0.2) is 30.3 Å². The molecule has 1 aromatic rings. The van der Waals surface area contributed by atoms with E-state index in [1.807, 2.05) is 18.2 Å². The third kappa shape index (κ3) is 3.60. The lowest BCUT2D eigenvalue weighted by Gasteiger charge is -2.40. The van der Waals surface area contributed by atoms with Crippen LogP contribution in [0.1, 0.15) is 25.3 Å². The van der Waals surface area contributed by atoms with Gasteiger partial charge in [0.05, 0.1) is 5.75 Å². The summed E-state index contributed by atoms with van der Waals surface area (Å²) in [5.74, 6) is 0.0888. The van der Waals surface area contributed by atoms with Gasteiger partial charge in [0.2, 0.25) is 5.91 Å². The van der Waals surface area contributed by atoms with Crippen LogP contribution in [0, 0.1) is 0 Å². The Kier molecular flexibility index (Phi) is 4.18. The first-order valence-electron chi connectivity index (χ1n) is 6.81. The minimum atomic E-state index is -3.04. The fraction of sp³-hybridized carbons (Fsp3) is 0.533. The van der Waals surface area contributed by atoms with Gasteiger partial charge in [-0.25, -0.2) is 8.42 Å². The molecule has 5 heteroatoms. The zero-order valence-electron chi connectivity index (χ0n) is 12.0. The molecule has 1 aliphatic heterocycles. The van der Waals surface area contributed by atoms with Crippen LogP contribution in [-0.2, 0) is 20.0 Å². The molecule has 1 atom stereocenters. The maximum absolute atomic E-state index is 12.0. The highest BCUT2D eigenvalue weighted by Crippen LogP contribution is 2.33. The van der Waals surface area contributed by atoms with Crippen molar-refractivity contribution in [2.45, 2.75) is 25.2 Å². The van der Waals surface area contributed by atoms with Crippen LogP contribution in [0.2, 0.25) is 0 Å². The highest BCUT2D eigenvalue weighted by atomic mass is 32.2. The number of amides is 1. The van der Waals surface area contributed by atoms with Crippen LogP contribution in [0.25, 0.3) is 0 Å². The number of nitrogens with zero attached hydrogens (tertiary/aromatic N) is 1. The van der Waals surface area contributed by atoms with Gasteiger partial charge in [-0.3, -0.25) is 4.79 Å². The van der Waals surface area contributed by atoms with Gasteiger partial charge in [0.25, 0.3) is 0 Å². The topological polar surface area (TPSA) is 54.5 Å². The third-order valence-corrected chi connectivity index (χ3v) is 4.91. The fourth-order valence-corrected chi connectivity index (χ4v) is 3.24. The molecule has 4 nitrogen and oxygen atoms in total. The van der Waals surface area contributed by atoms with Gasteiger partial charge in [-0.1, -0.05) is 37.3 Å². The van der Waals surface area contributed by atoms with E-state index in [0.717, 1.165) is 6.42 Å². The number of piperidine rings is 1. The largest absolute Gasteiger partial charge is 0.341 e. The number of hydrogen-bond acceptors (Lipinski definition) is 3. The van der Waals surface area contributed by atoms with E-state index in [1.54, 1.807) is 4.90 Å². The zero-order valence-corrected chi connectivity index (χ0v) is 12.8. The lowest BCUT2D eigenvalue weighted by atomic mass is 9.76. The molecule has 20 heavy (non-hydrogen) atoms. The molecule has 1 amide bonds. The molecular formula is C15H21NO3S. The number of sulfone groups is 1. The monoisotopic (exact) mass is 295 g/mol. The molecule has 1 aliphatic rings. The smallest absolute Gasteiger partial charge is 0.222 e. The van der Waals surface area contributed by atoms with Gasteiger partial charge in [0.15, 0.2) is 0 Å². The molecule has 0 spiro atoms. The van der Waals surface area contributed by atoms with Gasteiger partial charge in [0.1, 0.15) is 9.84 Å². The van der Waals surface area contributed by atoms with Gasteiger partial charge in [-0.2, -0.15) is 0 Å². The molecule has 0 aliphatic carbocycles. The van der Waals surface area contributed by atoms with Crippen LogP contribution < -0.4 is 0 Å². The van der Waals surface area contributed by atoms with Crippen LogP contribution in [0.4, 0.5) is 0 Å². The molecule has 0 radical (unpaired) electrons. The Hall–Kier alpha value is -1.36. The van der Waals surface area contributed by atoms with Crippen molar-refractivity contribution in [3.8, 4) is 0 Å². The summed E-state index contributed by atoms with van der Waals surface area (Å²) in [6, 6.07) is 10.1. The Labute approximate surface area is 120 Å². The van der Waals surface area contributed by atoms with Crippen molar-refractivity contribution in [1.82, 2.24) is 4.90 Å². The summed E-state index contributed by atoms with van der Waals surface area (Å²) in [6.07, 6.45) is 2.50. The first kappa shape index (κ1) is 15.0. The molecule has 0 unspecified atom stereocenters. The Bertz CT molecular complexity index is 582. The first-order chi connectivity index (χ1) is 9.30. The van der Waals surface area contributed by atoms with Crippen LogP contribution >= 0.6 is 0 Å². The predicted molar refractivity (Wildman–Crippen MR) is 79.3 cm³/mol. The van der Waals surface area contributed by atoms with E-state index < -0.39 is 9.84 Å². The van der Waals surface area contributed by atoms with E-state index in [1.165, 1.54) is 11.8 Å². The van der Waals surface area contributed by atoms with E-state index >= 15 is 0 Å². The molecule has 0 aromatic heterocycles. The lowest BCUT2D eigenvalue weighted by molar-refractivity contribution is -0.135. The molecule has 0 N–H and O–H groups in total. The van der Waals surface area contributed by atoms with Gasteiger partial charge in [0, 0.05) is 31.2 Å². The number of carbonyl (C=O) groups is 1. The van der Waals surface area contributed by atoms with E-state index in [-0.39, 0.29) is 17.1 Å². The minimum Gasteiger partial charge on any atom is -0.341 e. The van der Waals surface area contributed by atoms with Gasteiger partial charge < -0.3 is 4.90 Å². The summed E-state index contributed by atoms with van der Waals surface area (Å²) in [6.45, 7) is 3.02. The lowest BCUT2D eigenvalue weighted by Crippen LogP contribution is -2.48. The molecule has 0 bridgehead atoms. The zero-order chi connectivity index (χ0) is 14.8. The van der Waals surface area contributed by atoms with E-state index in [2.05, 4.69) is 19.1 Å². The second-order valence-corrected chi connectivity index (χ2v) is 8.13. The molecule has 2 rings (SSSR count). The van der Waals surface area contributed by atoms with Gasteiger partial charge >= 0.3 is 0 Å². The van der Waals surface area contributed by atoms with Gasteiger partial charge in [-0.15, -0.1) is 0 Å². The van der Waals surface area contributed by atoms with Crippen molar-refractivity contribution in [1.29, 1.82) is 0 Å². The summed E-state index contributed by atoms with van der Waals surface area (Å²) in [5, 5.41) is 0. The standard InChI is InChI=1S/C15H21NO3S/c1-15(13-6-4-3-5-7-13)9-8-14(17)16(12-15)10-11-20(2,18)19/h3-7H,8-12H2,1-2H3/t15-/m1/s1. The number of hydrogen-bond donors (Lipinski definition) is 0. The van der Waals surface area contributed by atoms with Crippen molar-refractivity contribution in [3.63, 3.8) is 0 Å². The number of likely N-dealkylation sites (tertiary alicyclic amines) is 1.